The average Bonchev–Trinajstić information content (AvgIpc) is 3.24. The van der Waals surface area contributed by atoms with Crippen LogP contribution in [0.4, 0.5) is 0 Å². The number of aryl methyl sites for hydroxylation is 2. The van der Waals surface area contributed by atoms with Crippen LogP contribution in [0.15, 0.2) is 47.0 Å². The Labute approximate surface area is 194 Å². The lowest BCUT2D eigenvalue weighted by atomic mass is 9.94. The molecule has 7 heteroatoms. The van der Waals surface area contributed by atoms with Gasteiger partial charge in [0, 0.05) is 16.5 Å². The Balaban J connectivity index is 1.29. The van der Waals surface area contributed by atoms with E-state index in [1.54, 1.807) is 0 Å². The Bertz CT molecular complexity index is 1090. The lowest BCUT2D eigenvalue weighted by Gasteiger charge is -2.31. The molecule has 1 saturated heterocycles. The van der Waals surface area contributed by atoms with Crippen molar-refractivity contribution in [3.05, 3.63) is 70.1 Å². The minimum atomic E-state index is 0.00346. The first kappa shape index (κ1) is 22.5. The molecular formula is C25H29ClN4O2. The van der Waals surface area contributed by atoms with Crippen molar-refractivity contribution in [2.24, 2.45) is 5.92 Å². The van der Waals surface area contributed by atoms with E-state index < -0.39 is 0 Å². The van der Waals surface area contributed by atoms with Crippen LogP contribution in [0.2, 0.25) is 5.02 Å². The van der Waals surface area contributed by atoms with Crippen LogP contribution in [-0.4, -0.2) is 34.0 Å². The minimum absolute atomic E-state index is 0.00346. The molecule has 0 spiro atoms. The molecule has 1 aliphatic heterocycles. The van der Waals surface area contributed by atoms with Gasteiger partial charge in [-0.1, -0.05) is 52.7 Å². The standard InChI is InChI=1S/C25H29ClN4O2/c1-16-7-8-17(2)22(13-16)18(3)27-25(31)19-9-11-30(12-10-19)15-23-28-24(29-32-23)20-5-4-6-21(26)14-20/h4-8,13-14,18-19H,9-12,15H2,1-3H3,(H,27,31). The Morgan fingerprint density at radius 2 is 2.00 bits per heavy atom. The first-order valence-electron chi connectivity index (χ1n) is 11.1. The number of nitrogens with zero attached hydrogens (tertiary/aromatic N) is 3. The minimum Gasteiger partial charge on any atom is -0.349 e. The number of benzene rings is 2. The third-order valence-corrected chi connectivity index (χ3v) is 6.36. The van der Waals surface area contributed by atoms with Gasteiger partial charge < -0.3 is 9.84 Å². The average molecular weight is 453 g/mol. The molecule has 1 aromatic heterocycles. The fourth-order valence-electron chi connectivity index (χ4n) is 4.24. The highest BCUT2D eigenvalue weighted by Gasteiger charge is 2.27. The molecule has 1 aliphatic rings. The summed E-state index contributed by atoms with van der Waals surface area (Å²) in [6.07, 6.45) is 1.64. The van der Waals surface area contributed by atoms with Gasteiger partial charge in [0.1, 0.15) is 0 Å². The predicted molar refractivity (Wildman–Crippen MR) is 125 cm³/mol. The van der Waals surface area contributed by atoms with Crippen molar-refractivity contribution in [2.75, 3.05) is 13.1 Å². The van der Waals surface area contributed by atoms with Crippen LogP contribution < -0.4 is 5.32 Å². The fourth-order valence-corrected chi connectivity index (χ4v) is 4.43. The first-order chi connectivity index (χ1) is 15.4. The van der Waals surface area contributed by atoms with E-state index in [2.05, 4.69) is 59.3 Å². The molecule has 0 radical (unpaired) electrons. The number of likely N-dealkylation sites (tertiary alicyclic amines) is 1. The van der Waals surface area contributed by atoms with Crippen molar-refractivity contribution >= 4 is 17.5 Å². The number of rotatable bonds is 6. The van der Waals surface area contributed by atoms with Gasteiger partial charge in [0.05, 0.1) is 12.6 Å². The highest BCUT2D eigenvalue weighted by atomic mass is 35.5. The van der Waals surface area contributed by atoms with Crippen LogP contribution in [0.5, 0.6) is 0 Å². The van der Waals surface area contributed by atoms with Crippen LogP contribution in [0.25, 0.3) is 11.4 Å². The van der Waals surface area contributed by atoms with E-state index in [-0.39, 0.29) is 17.9 Å². The van der Waals surface area contributed by atoms with E-state index in [0.717, 1.165) is 31.5 Å². The van der Waals surface area contributed by atoms with Crippen LogP contribution >= 0.6 is 11.6 Å². The second-order valence-corrected chi connectivity index (χ2v) is 9.10. The van der Waals surface area contributed by atoms with Gasteiger partial charge in [-0.25, -0.2) is 0 Å². The number of aromatic nitrogens is 2. The molecule has 1 fully saturated rings. The third-order valence-electron chi connectivity index (χ3n) is 6.13. The topological polar surface area (TPSA) is 71.3 Å². The molecule has 0 saturated carbocycles. The van der Waals surface area contributed by atoms with E-state index in [1.807, 2.05) is 24.3 Å². The molecule has 0 aliphatic carbocycles. The molecule has 1 N–H and O–H groups in total. The Kier molecular flexibility index (Phi) is 6.92. The van der Waals surface area contributed by atoms with Gasteiger partial charge in [-0.3, -0.25) is 9.69 Å². The summed E-state index contributed by atoms with van der Waals surface area (Å²) in [5, 5.41) is 7.93. The van der Waals surface area contributed by atoms with E-state index in [0.29, 0.717) is 23.3 Å². The number of carbonyl (C=O) groups is 1. The summed E-state index contributed by atoms with van der Waals surface area (Å²) in [7, 11) is 0. The Hall–Kier alpha value is -2.70. The van der Waals surface area contributed by atoms with Crippen LogP contribution in [0.1, 0.15) is 48.4 Å². The van der Waals surface area contributed by atoms with Gasteiger partial charge in [-0.2, -0.15) is 4.98 Å². The largest absolute Gasteiger partial charge is 0.349 e. The summed E-state index contributed by atoms with van der Waals surface area (Å²) in [5.74, 6) is 1.28. The molecule has 1 amide bonds. The maximum Gasteiger partial charge on any atom is 0.241 e. The van der Waals surface area contributed by atoms with E-state index in [1.165, 1.54) is 16.7 Å². The van der Waals surface area contributed by atoms with Crippen molar-refractivity contribution in [2.45, 2.75) is 46.2 Å². The maximum atomic E-state index is 12.8. The highest BCUT2D eigenvalue weighted by molar-refractivity contribution is 6.30. The van der Waals surface area contributed by atoms with E-state index >= 15 is 0 Å². The second-order valence-electron chi connectivity index (χ2n) is 8.66. The molecule has 6 nitrogen and oxygen atoms in total. The first-order valence-corrected chi connectivity index (χ1v) is 11.5. The van der Waals surface area contributed by atoms with Gasteiger partial charge in [0.25, 0.3) is 0 Å². The highest BCUT2D eigenvalue weighted by Crippen LogP contribution is 2.24. The molecule has 1 unspecified atom stereocenters. The molecule has 2 aromatic carbocycles. The number of nitrogens with one attached hydrogen (secondary N) is 1. The Morgan fingerprint density at radius 3 is 2.75 bits per heavy atom. The number of halogens is 1. The molecular weight excluding hydrogens is 424 g/mol. The number of piperidine rings is 1. The SMILES string of the molecule is Cc1ccc(C)c(C(C)NC(=O)C2CCN(Cc3nc(-c4cccc(Cl)c4)no3)CC2)c1. The van der Waals surface area contributed by atoms with Crippen LogP contribution in [0.3, 0.4) is 0 Å². The van der Waals surface area contributed by atoms with Gasteiger partial charge >= 0.3 is 0 Å². The maximum absolute atomic E-state index is 12.8. The van der Waals surface area contributed by atoms with Crippen molar-refractivity contribution < 1.29 is 9.32 Å². The molecule has 1 atom stereocenters. The molecule has 3 aromatic rings. The third kappa shape index (κ3) is 5.37. The summed E-state index contributed by atoms with van der Waals surface area (Å²) in [6.45, 7) is 8.46. The monoisotopic (exact) mass is 452 g/mol. The lowest BCUT2D eigenvalue weighted by Crippen LogP contribution is -2.41. The zero-order valence-electron chi connectivity index (χ0n) is 18.8. The van der Waals surface area contributed by atoms with Gasteiger partial charge in [0.2, 0.25) is 17.6 Å². The smallest absolute Gasteiger partial charge is 0.241 e. The Morgan fingerprint density at radius 1 is 1.22 bits per heavy atom. The van der Waals surface area contributed by atoms with Crippen LogP contribution in [-0.2, 0) is 11.3 Å². The zero-order chi connectivity index (χ0) is 22.7. The second kappa shape index (κ2) is 9.84. The molecule has 168 valence electrons. The number of amides is 1. The summed E-state index contributed by atoms with van der Waals surface area (Å²) in [5.41, 5.74) is 4.43. The molecule has 4 rings (SSSR count). The fraction of sp³-hybridized carbons (Fsp3) is 0.400. The number of hydrogen-bond donors (Lipinski definition) is 1. The van der Waals surface area contributed by atoms with Crippen molar-refractivity contribution in [3.63, 3.8) is 0 Å². The number of carbonyl (C=O) groups excluding carboxylic acids is 1. The predicted octanol–water partition coefficient (Wildman–Crippen LogP) is 5.10. The van der Waals surface area contributed by atoms with Crippen molar-refractivity contribution in [3.8, 4) is 11.4 Å². The van der Waals surface area contributed by atoms with Crippen LogP contribution in [0, 0.1) is 19.8 Å². The zero-order valence-corrected chi connectivity index (χ0v) is 19.5. The van der Waals surface area contributed by atoms with E-state index in [9.17, 15) is 4.79 Å². The van der Waals surface area contributed by atoms with Gasteiger partial charge in [-0.15, -0.1) is 0 Å². The lowest BCUT2D eigenvalue weighted by molar-refractivity contribution is -0.127. The van der Waals surface area contributed by atoms with Crippen molar-refractivity contribution in [1.82, 2.24) is 20.4 Å². The number of hydrogen-bond acceptors (Lipinski definition) is 5. The van der Waals surface area contributed by atoms with Crippen molar-refractivity contribution in [1.29, 1.82) is 0 Å². The quantitative estimate of drug-likeness (QED) is 0.563. The van der Waals surface area contributed by atoms with Gasteiger partial charge in [0.15, 0.2) is 0 Å². The normalized spacial score (nSPS) is 16.1. The molecule has 0 bridgehead atoms. The van der Waals surface area contributed by atoms with Gasteiger partial charge in [-0.05, 0) is 70.0 Å². The summed E-state index contributed by atoms with van der Waals surface area (Å²) in [4.78, 5) is 19.6. The molecule has 32 heavy (non-hydrogen) atoms. The summed E-state index contributed by atoms with van der Waals surface area (Å²) < 4.78 is 5.43. The van der Waals surface area contributed by atoms with E-state index in [4.69, 9.17) is 16.1 Å². The summed E-state index contributed by atoms with van der Waals surface area (Å²) in [6, 6.07) is 13.8. The molecule has 2 heterocycles. The summed E-state index contributed by atoms with van der Waals surface area (Å²) >= 11 is 6.05.